The van der Waals surface area contributed by atoms with Gasteiger partial charge in [-0.05, 0) is 37.1 Å². The van der Waals surface area contributed by atoms with Crippen molar-refractivity contribution in [3.8, 4) is 5.75 Å². The van der Waals surface area contributed by atoms with E-state index in [-0.39, 0.29) is 5.60 Å². The molecule has 0 amide bonds. The van der Waals surface area contributed by atoms with Crippen molar-refractivity contribution in [3.63, 3.8) is 0 Å². The van der Waals surface area contributed by atoms with Gasteiger partial charge in [0.05, 0.1) is 0 Å². The van der Waals surface area contributed by atoms with Gasteiger partial charge in [0, 0.05) is 58.8 Å². The predicted octanol–water partition coefficient (Wildman–Crippen LogP) is 2.61. The van der Waals surface area contributed by atoms with Crippen LogP contribution in [0, 0.1) is 0 Å². The molecule has 3 heterocycles. The molecule has 25 heavy (non-hydrogen) atoms. The number of piperazine rings is 1. The molecule has 136 valence electrons. The van der Waals surface area contributed by atoms with Crippen molar-refractivity contribution in [1.29, 1.82) is 0 Å². The Kier molecular flexibility index (Phi) is 5.11. The van der Waals surface area contributed by atoms with Gasteiger partial charge in [0.25, 0.3) is 0 Å². The maximum Gasteiger partial charge on any atom is 0.123 e. The van der Waals surface area contributed by atoms with Crippen molar-refractivity contribution in [2.75, 3.05) is 52.4 Å². The van der Waals surface area contributed by atoms with Crippen molar-refractivity contribution < 1.29 is 4.74 Å². The van der Waals surface area contributed by atoms with Crippen LogP contribution in [-0.4, -0.2) is 72.7 Å². The van der Waals surface area contributed by atoms with Crippen molar-refractivity contribution >= 4 is 0 Å². The van der Waals surface area contributed by atoms with Gasteiger partial charge < -0.3 is 4.74 Å². The van der Waals surface area contributed by atoms with Crippen LogP contribution in [0.5, 0.6) is 5.75 Å². The molecule has 2 unspecified atom stereocenters. The van der Waals surface area contributed by atoms with Crippen LogP contribution in [0.1, 0.15) is 24.8 Å². The molecule has 3 aliphatic rings. The first kappa shape index (κ1) is 17.1. The SMILES string of the molecule is C=CCN1CCN(Cc2cccc(OC34CCCN(CC3)C4)c2)CC1. The monoisotopic (exact) mass is 341 g/mol. The van der Waals surface area contributed by atoms with E-state index >= 15 is 0 Å². The second kappa shape index (κ2) is 7.48. The molecular formula is C21H31N3O. The lowest BCUT2D eigenvalue weighted by Gasteiger charge is -2.35. The Morgan fingerprint density at radius 1 is 1.04 bits per heavy atom. The van der Waals surface area contributed by atoms with E-state index in [0.29, 0.717) is 0 Å². The summed E-state index contributed by atoms with van der Waals surface area (Å²) in [5, 5.41) is 0. The van der Waals surface area contributed by atoms with Gasteiger partial charge in [-0.15, -0.1) is 6.58 Å². The van der Waals surface area contributed by atoms with Crippen molar-refractivity contribution in [1.82, 2.24) is 14.7 Å². The highest BCUT2D eigenvalue weighted by Crippen LogP contribution is 2.35. The number of fused-ring (bicyclic) bond motifs is 2. The van der Waals surface area contributed by atoms with E-state index in [4.69, 9.17) is 4.74 Å². The van der Waals surface area contributed by atoms with E-state index < -0.39 is 0 Å². The molecule has 4 nitrogen and oxygen atoms in total. The number of piperidine rings is 1. The van der Waals surface area contributed by atoms with Crippen LogP contribution in [0.4, 0.5) is 0 Å². The Bertz CT molecular complexity index is 593. The highest BCUT2D eigenvalue weighted by atomic mass is 16.5. The quantitative estimate of drug-likeness (QED) is 0.740. The Labute approximate surface area is 152 Å². The van der Waals surface area contributed by atoms with Crippen LogP contribution < -0.4 is 4.74 Å². The van der Waals surface area contributed by atoms with E-state index in [1.54, 1.807) is 0 Å². The fraction of sp³-hybridized carbons (Fsp3) is 0.619. The first-order chi connectivity index (χ1) is 12.2. The summed E-state index contributed by atoms with van der Waals surface area (Å²) in [5.74, 6) is 1.06. The summed E-state index contributed by atoms with van der Waals surface area (Å²) in [6.07, 6.45) is 5.67. The van der Waals surface area contributed by atoms with E-state index in [9.17, 15) is 0 Å². The zero-order chi connectivity index (χ0) is 17.1. The van der Waals surface area contributed by atoms with Crippen LogP contribution in [-0.2, 0) is 6.54 Å². The molecule has 2 bridgehead atoms. The standard InChI is InChI=1S/C21H31N3O/c1-2-9-22-12-14-23(15-13-22)17-19-5-3-6-20(16-19)25-21-7-4-10-24(18-21)11-8-21/h2-3,5-6,16H,1,4,7-15,17-18H2. The Morgan fingerprint density at radius 2 is 1.88 bits per heavy atom. The van der Waals surface area contributed by atoms with Gasteiger partial charge >= 0.3 is 0 Å². The zero-order valence-electron chi connectivity index (χ0n) is 15.3. The Morgan fingerprint density at radius 3 is 2.72 bits per heavy atom. The lowest BCUT2D eigenvalue weighted by molar-refractivity contribution is 0.0451. The smallest absolute Gasteiger partial charge is 0.123 e. The molecule has 2 atom stereocenters. The lowest BCUT2D eigenvalue weighted by Crippen LogP contribution is -2.45. The molecule has 4 heteroatoms. The maximum absolute atomic E-state index is 6.53. The van der Waals surface area contributed by atoms with Crippen molar-refractivity contribution in [2.45, 2.75) is 31.4 Å². The van der Waals surface area contributed by atoms with Gasteiger partial charge in [-0.25, -0.2) is 0 Å². The molecule has 3 saturated heterocycles. The fourth-order valence-corrected chi connectivity index (χ4v) is 4.61. The first-order valence-electron chi connectivity index (χ1n) is 9.81. The largest absolute Gasteiger partial charge is 0.486 e. The molecule has 1 aromatic rings. The molecule has 0 saturated carbocycles. The third kappa shape index (κ3) is 4.08. The summed E-state index contributed by atoms with van der Waals surface area (Å²) in [6, 6.07) is 8.80. The Hall–Kier alpha value is -1.36. The third-order valence-electron chi connectivity index (χ3n) is 5.99. The van der Waals surface area contributed by atoms with Gasteiger partial charge in [0.15, 0.2) is 0 Å². The lowest BCUT2D eigenvalue weighted by atomic mass is 9.94. The number of hydrogen-bond acceptors (Lipinski definition) is 4. The molecule has 0 radical (unpaired) electrons. The molecular weight excluding hydrogens is 310 g/mol. The van der Waals surface area contributed by atoms with Gasteiger partial charge in [0.1, 0.15) is 11.4 Å². The second-order valence-corrected chi connectivity index (χ2v) is 7.93. The minimum Gasteiger partial charge on any atom is -0.486 e. The van der Waals surface area contributed by atoms with E-state index in [0.717, 1.165) is 51.6 Å². The number of nitrogens with zero attached hydrogens (tertiary/aromatic N) is 3. The van der Waals surface area contributed by atoms with E-state index in [1.165, 1.54) is 37.9 Å². The average molecular weight is 341 g/mol. The van der Waals surface area contributed by atoms with E-state index in [2.05, 4.69) is 45.5 Å². The van der Waals surface area contributed by atoms with Crippen molar-refractivity contribution in [3.05, 3.63) is 42.5 Å². The van der Waals surface area contributed by atoms with Gasteiger partial charge in [-0.3, -0.25) is 14.7 Å². The molecule has 3 aliphatic heterocycles. The summed E-state index contributed by atoms with van der Waals surface area (Å²) >= 11 is 0. The highest BCUT2D eigenvalue weighted by Gasteiger charge is 2.42. The predicted molar refractivity (Wildman–Crippen MR) is 102 cm³/mol. The summed E-state index contributed by atoms with van der Waals surface area (Å²) < 4.78 is 6.53. The summed E-state index contributed by atoms with van der Waals surface area (Å²) in [7, 11) is 0. The summed E-state index contributed by atoms with van der Waals surface area (Å²) in [5.41, 5.74) is 1.45. The van der Waals surface area contributed by atoms with Crippen LogP contribution in [0.3, 0.4) is 0 Å². The van der Waals surface area contributed by atoms with Crippen LogP contribution in [0.2, 0.25) is 0 Å². The van der Waals surface area contributed by atoms with Gasteiger partial charge in [-0.1, -0.05) is 18.2 Å². The number of benzene rings is 1. The minimum atomic E-state index is 0.0766. The van der Waals surface area contributed by atoms with Crippen LogP contribution in [0.25, 0.3) is 0 Å². The zero-order valence-corrected chi connectivity index (χ0v) is 15.3. The van der Waals surface area contributed by atoms with Crippen molar-refractivity contribution in [2.24, 2.45) is 0 Å². The minimum absolute atomic E-state index is 0.0766. The Balaban J connectivity index is 1.35. The summed E-state index contributed by atoms with van der Waals surface area (Å²) in [4.78, 5) is 7.57. The molecule has 1 aromatic carbocycles. The average Bonchev–Trinajstić information content (AvgIpc) is 2.91. The first-order valence-corrected chi connectivity index (χ1v) is 9.81. The molecule has 3 fully saturated rings. The van der Waals surface area contributed by atoms with Crippen LogP contribution >= 0.6 is 0 Å². The maximum atomic E-state index is 6.53. The molecule has 0 spiro atoms. The van der Waals surface area contributed by atoms with E-state index in [1.807, 2.05) is 6.08 Å². The second-order valence-electron chi connectivity index (χ2n) is 7.93. The molecule has 0 aromatic heterocycles. The van der Waals surface area contributed by atoms with Gasteiger partial charge in [0.2, 0.25) is 0 Å². The normalized spacial score (nSPS) is 30.3. The van der Waals surface area contributed by atoms with Gasteiger partial charge in [-0.2, -0.15) is 0 Å². The summed E-state index contributed by atoms with van der Waals surface area (Å²) in [6.45, 7) is 14.0. The van der Waals surface area contributed by atoms with Crippen LogP contribution in [0.15, 0.2) is 36.9 Å². The number of ether oxygens (including phenoxy) is 1. The fourth-order valence-electron chi connectivity index (χ4n) is 4.61. The molecule has 0 N–H and O–H groups in total. The number of hydrogen-bond donors (Lipinski definition) is 0. The number of rotatable bonds is 6. The molecule has 0 aliphatic carbocycles. The highest BCUT2D eigenvalue weighted by molar-refractivity contribution is 5.29. The topological polar surface area (TPSA) is 19.0 Å². The molecule has 4 rings (SSSR count). The third-order valence-corrected chi connectivity index (χ3v) is 5.99.